The van der Waals surface area contributed by atoms with Crippen molar-refractivity contribution in [1.29, 1.82) is 0 Å². The molecule has 0 saturated carbocycles. The Hall–Kier alpha value is -1.90. The van der Waals surface area contributed by atoms with Gasteiger partial charge in [-0.2, -0.15) is 0 Å². The average Bonchev–Trinajstić information content (AvgIpc) is 2.97. The van der Waals surface area contributed by atoms with Gasteiger partial charge in [0.05, 0.1) is 0 Å². The summed E-state index contributed by atoms with van der Waals surface area (Å²) in [5, 5.41) is 18.5. The zero-order chi connectivity index (χ0) is 20.1. The van der Waals surface area contributed by atoms with E-state index in [0.717, 1.165) is 24.0 Å². The first-order valence-corrected chi connectivity index (χ1v) is 10.2. The van der Waals surface area contributed by atoms with E-state index >= 15 is 0 Å². The minimum absolute atomic E-state index is 0.0170. The van der Waals surface area contributed by atoms with Gasteiger partial charge in [0.2, 0.25) is 0 Å². The number of ketones is 1. The number of Topliss-reactive ketones (excluding diaryl/α,β-unsaturated/α-hetero) is 1. The maximum atomic E-state index is 12.1. The number of carboxylic acid groups (broad SMARTS) is 1. The first kappa shape index (κ1) is 23.1. The Kier molecular flexibility index (Phi) is 10.7. The molecule has 0 fully saturated rings. The van der Waals surface area contributed by atoms with Crippen molar-refractivity contribution in [1.82, 2.24) is 0 Å². The fourth-order valence-electron chi connectivity index (χ4n) is 3.02. The molecular weight excluding hydrogens is 340 g/mol. The van der Waals surface area contributed by atoms with Gasteiger partial charge in [-0.05, 0) is 43.9 Å². The highest BCUT2D eigenvalue weighted by Crippen LogP contribution is 2.27. The first-order valence-electron chi connectivity index (χ1n) is 10.2. The van der Waals surface area contributed by atoms with Gasteiger partial charge >= 0.3 is 5.97 Å². The van der Waals surface area contributed by atoms with Crippen LogP contribution in [0.5, 0.6) is 0 Å². The Morgan fingerprint density at radius 1 is 1.15 bits per heavy atom. The van der Waals surface area contributed by atoms with Gasteiger partial charge in [-0.15, -0.1) is 5.73 Å². The quantitative estimate of drug-likeness (QED) is 0.340. The van der Waals surface area contributed by atoms with Crippen molar-refractivity contribution in [3.05, 3.63) is 41.2 Å². The molecule has 0 aliphatic heterocycles. The molecule has 0 heterocycles. The van der Waals surface area contributed by atoms with Crippen LogP contribution in [0, 0.1) is 0 Å². The van der Waals surface area contributed by atoms with Crippen LogP contribution in [0.15, 0.2) is 41.2 Å². The van der Waals surface area contributed by atoms with E-state index in [0.29, 0.717) is 12.8 Å². The van der Waals surface area contributed by atoms with Gasteiger partial charge in [0, 0.05) is 24.8 Å². The molecule has 2 N–H and O–H groups in total. The molecule has 0 amide bonds. The number of aliphatic hydroxyl groups is 1. The molecule has 0 radical (unpaired) electrons. The molecule has 27 heavy (non-hydrogen) atoms. The highest BCUT2D eigenvalue weighted by atomic mass is 16.4. The second-order valence-corrected chi connectivity index (χ2v) is 7.45. The van der Waals surface area contributed by atoms with Crippen molar-refractivity contribution in [2.45, 2.75) is 90.1 Å². The number of carbonyl (C=O) groups excluding carboxylic acids is 1. The van der Waals surface area contributed by atoms with E-state index in [4.69, 9.17) is 5.11 Å². The molecule has 150 valence electrons. The van der Waals surface area contributed by atoms with E-state index in [1.165, 1.54) is 51.5 Å². The van der Waals surface area contributed by atoms with Gasteiger partial charge in [-0.1, -0.05) is 51.2 Å². The van der Waals surface area contributed by atoms with Gasteiger partial charge < -0.3 is 10.2 Å². The third-order valence-corrected chi connectivity index (χ3v) is 4.89. The third-order valence-electron chi connectivity index (χ3n) is 4.89. The summed E-state index contributed by atoms with van der Waals surface area (Å²) in [6.45, 7) is 3.48. The van der Waals surface area contributed by atoms with Gasteiger partial charge in [0.25, 0.3) is 0 Å². The average molecular weight is 375 g/mol. The highest BCUT2D eigenvalue weighted by molar-refractivity contribution is 5.99. The Labute approximate surface area is 163 Å². The predicted molar refractivity (Wildman–Crippen MR) is 109 cm³/mol. The molecule has 1 aliphatic rings. The molecule has 1 rings (SSSR count). The van der Waals surface area contributed by atoms with Crippen LogP contribution in [-0.4, -0.2) is 27.6 Å². The molecular formula is C23H34O4. The summed E-state index contributed by atoms with van der Waals surface area (Å²) in [6.07, 6.45) is 18.1. The van der Waals surface area contributed by atoms with E-state index < -0.39 is 11.6 Å². The summed E-state index contributed by atoms with van der Waals surface area (Å²) in [5.74, 6) is -1.07. The van der Waals surface area contributed by atoms with Gasteiger partial charge in [0.15, 0.2) is 11.4 Å². The maximum Gasteiger partial charge on any atom is 0.335 e. The molecule has 4 nitrogen and oxygen atoms in total. The van der Waals surface area contributed by atoms with Crippen LogP contribution >= 0.6 is 0 Å². The molecule has 0 bridgehead atoms. The largest absolute Gasteiger partial charge is 0.479 e. The van der Waals surface area contributed by atoms with Crippen LogP contribution in [0.4, 0.5) is 0 Å². The molecule has 0 aromatic carbocycles. The number of allylic oxidation sites excluding steroid dienone is 4. The van der Waals surface area contributed by atoms with Crippen molar-refractivity contribution in [3.8, 4) is 0 Å². The van der Waals surface area contributed by atoms with E-state index in [9.17, 15) is 14.7 Å². The summed E-state index contributed by atoms with van der Waals surface area (Å²) in [4.78, 5) is 22.9. The Morgan fingerprint density at radius 3 is 2.56 bits per heavy atom. The monoisotopic (exact) mass is 374 g/mol. The van der Waals surface area contributed by atoms with Crippen LogP contribution in [0.25, 0.3) is 0 Å². The SMILES string of the molecule is CCCCCCCCC=CC1=C(CC=C=CCC(C)(O)C(=O)O)C(=O)CC1. The first-order chi connectivity index (χ1) is 12.9. The minimum atomic E-state index is -1.78. The fourth-order valence-corrected chi connectivity index (χ4v) is 3.02. The zero-order valence-electron chi connectivity index (χ0n) is 16.8. The molecule has 1 aliphatic carbocycles. The molecule has 0 saturated heterocycles. The van der Waals surface area contributed by atoms with Crippen LogP contribution in [0.2, 0.25) is 0 Å². The van der Waals surface area contributed by atoms with Crippen LogP contribution in [0.1, 0.15) is 84.5 Å². The topological polar surface area (TPSA) is 74.6 Å². The summed E-state index contributed by atoms with van der Waals surface area (Å²) in [6, 6.07) is 0. The van der Waals surface area contributed by atoms with Crippen LogP contribution < -0.4 is 0 Å². The normalized spacial score (nSPS) is 16.5. The second-order valence-electron chi connectivity index (χ2n) is 7.45. The van der Waals surface area contributed by atoms with Crippen molar-refractivity contribution in [2.75, 3.05) is 0 Å². The predicted octanol–water partition coefficient (Wildman–Crippen LogP) is 5.28. The molecule has 0 spiro atoms. The van der Waals surface area contributed by atoms with Gasteiger partial charge in [-0.3, -0.25) is 4.79 Å². The number of hydrogen-bond donors (Lipinski definition) is 2. The van der Waals surface area contributed by atoms with Gasteiger partial charge in [-0.25, -0.2) is 4.79 Å². The number of unbranched alkanes of at least 4 members (excludes halogenated alkanes) is 6. The molecule has 0 aromatic rings. The van der Waals surface area contributed by atoms with Gasteiger partial charge in [0.1, 0.15) is 0 Å². The summed E-state index contributed by atoms with van der Waals surface area (Å²) < 4.78 is 0. The highest BCUT2D eigenvalue weighted by Gasteiger charge is 2.27. The van der Waals surface area contributed by atoms with E-state index in [-0.39, 0.29) is 12.2 Å². The third kappa shape index (κ3) is 9.03. The minimum Gasteiger partial charge on any atom is -0.479 e. The fraction of sp³-hybridized carbons (Fsp3) is 0.609. The van der Waals surface area contributed by atoms with E-state index in [1.54, 1.807) is 6.08 Å². The molecule has 0 aromatic heterocycles. The zero-order valence-corrected chi connectivity index (χ0v) is 16.8. The lowest BCUT2D eigenvalue weighted by Gasteiger charge is -2.13. The number of aliphatic carboxylic acids is 1. The van der Waals surface area contributed by atoms with E-state index in [2.05, 4.69) is 24.8 Å². The Bertz CT molecular complexity index is 616. The Morgan fingerprint density at radius 2 is 1.85 bits per heavy atom. The van der Waals surface area contributed by atoms with Crippen molar-refractivity contribution in [3.63, 3.8) is 0 Å². The number of rotatable bonds is 13. The number of carbonyl (C=O) groups is 2. The number of carboxylic acids is 1. The Balaban J connectivity index is 2.48. The lowest BCUT2D eigenvalue weighted by atomic mass is 10.0. The summed E-state index contributed by atoms with van der Waals surface area (Å²) >= 11 is 0. The standard InChI is InChI=1S/C23H34O4/c1-3-4-5-6-7-8-9-11-14-19-16-17-21(24)20(19)15-12-10-13-18-23(2,27)22(25)26/h11-14,27H,3-9,15-18H2,1-2H3,(H,25,26). The lowest BCUT2D eigenvalue weighted by Crippen LogP contribution is -2.33. The number of hydrogen-bond acceptors (Lipinski definition) is 3. The maximum absolute atomic E-state index is 12.1. The van der Waals surface area contributed by atoms with Crippen molar-refractivity contribution >= 4 is 11.8 Å². The van der Waals surface area contributed by atoms with Crippen LogP contribution in [-0.2, 0) is 9.59 Å². The molecule has 1 atom stereocenters. The lowest BCUT2D eigenvalue weighted by molar-refractivity contribution is -0.156. The summed E-state index contributed by atoms with van der Waals surface area (Å²) in [7, 11) is 0. The van der Waals surface area contributed by atoms with Crippen molar-refractivity contribution < 1.29 is 19.8 Å². The van der Waals surface area contributed by atoms with E-state index in [1.807, 2.05) is 0 Å². The van der Waals surface area contributed by atoms with Crippen molar-refractivity contribution in [2.24, 2.45) is 0 Å². The molecule has 4 heteroatoms. The molecule has 1 unspecified atom stereocenters. The second kappa shape index (κ2) is 12.5. The van der Waals surface area contributed by atoms with Crippen LogP contribution in [0.3, 0.4) is 0 Å². The smallest absolute Gasteiger partial charge is 0.335 e. The summed E-state index contributed by atoms with van der Waals surface area (Å²) in [5.41, 5.74) is 3.04.